The van der Waals surface area contributed by atoms with E-state index in [1.807, 2.05) is 0 Å². The third-order valence-electron chi connectivity index (χ3n) is 2.48. The van der Waals surface area contributed by atoms with Gasteiger partial charge in [-0.05, 0) is 12.8 Å². The van der Waals surface area contributed by atoms with Crippen LogP contribution in [-0.2, 0) is 33.1 Å². The van der Waals surface area contributed by atoms with Gasteiger partial charge in [0.2, 0.25) is 0 Å². The summed E-state index contributed by atoms with van der Waals surface area (Å²) < 4.78 is 28.7. The highest BCUT2D eigenvalue weighted by atomic mass is 31.2. The summed E-state index contributed by atoms with van der Waals surface area (Å²) in [6, 6.07) is 0. The topological polar surface area (TPSA) is 189 Å². The second-order valence-corrected chi connectivity index (χ2v) is 6.36. The highest BCUT2D eigenvalue weighted by molar-refractivity contribution is 7.45. The molecule has 0 saturated heterocycles. The quantitative estimate of drug-likeness (QED) is 0.165. The third-order valence-corrected chi connectivity index (χ3v) is 2.48. The van der Waals surface area contributed by atoms with E-state index in [1.165, 1.54) is 0 Å². The first kappa shape index (κ1) is 32.6. The highest BCUT2D eigenvalue weighted by Crippen LogP contribution is 2.25. The number of aliphatic carboxylic acids is 2. The fraction of sp³-hybridized carbons (Fsp3) is 0.875. The molecule has 0 aliphatic carbocycles. The van der Waals surface area contributed by atoms with Crippen molar-refractivity contribution in [2.45, 2.75) is 39.5 Å². The van der Waals surface area contributed by atoms with Crippen molar-refractivity contribution < 1.29 is 58.0 Å². The zero-order valence-corrected chi connectivity index (χ0v) is 17.9. The van der Waals surface area contributed by atoms with Crippen LogP contribution < -0.4 is 0 Å². The van der Waals surface area contributed by atoms with Crippen LogP contribution in [-0.4, -0.2) is 89.7 Å². The summed E-state index contributed by atoms with van der Waals surface area (Å²) in [4.78, 5) is 41.5. The first-order chi connectivity index (χ1) is 13.5. The van der Waals surface area contributed by atoms with Gasteiger partial charge in [0.05, 0.1) is 26.4 Å². The Kier molecular flexibility index (Phi) is 28.0. The summed E-state index contributed by atoms with van der Waals surface area (Å²) in [6.45, 7) is 6.83. The minimum atomic E-state index is -4.64. The molecule has 12 nitrogen and oxygen atoms in total. The van der Waals surface area contributed by atoms with Crippen molar-refractivity contribution in [1.82, 2.24) is 0 Å². The van der Waals surface area contributed by atoms with Gasteiger partial charge in [0.15, 0.2) is 0 Å². The summed E-state index contributed by atoms with van der Waals surface area (Å²) >= 11 is 0. The van der Waals surface area contributed by atoms with Crippen LogP contribution in [0.5, 0.6) is 0 Å². The molecule has 176 valence electrons. The van der Waals surface area contributed by atoms with Gasteiger partial charge in [0, 0.05) is 13.2 Å². The maximum Gasteiger partial charge on any atom is 0.466 e. The van der Waals surface area contributed by atoms with Crippen LogP contribution in [0.3, 0.4) is 0 Å². The molecule has 0 saturated carbocycles. The molecule has 0 aliphatic rings. The van der Waals surface area contributed by atoms with Crippen LogP contribution >= 0.6 is 7.82 Å². The summed E-state index contributed by atoms with van der Waals surface area (Å²) in [7, 11) is -4.64. The van der Waals surface area contributed by atoms with Gasteiger partial charge in [-0.3, -0.25) is 0 Å². The average molecular weight is 450 g/mol. The van der Waals surface area contributed by atoms with Crippen LogP contribution in [0.4, 0.5) is 0 Å². The van der Waals surface area contributed by atoms with E-state index in [0.717, 1.165) is 38.9 Å². The summed E-state index contributed by atoms with van der Waals surface area (Å²) in [5.74, 6) is -1.88. The minimum Gasteiger partial charge on any atom is -0.480 e. The standard InChI is InChI=1S/2C8H16O4.H3O4P/c2*1-2-3-4-11-5-6-12-7-8(9)10;1-5(2,3)4/h2*2-7H2,1H3,(H,9,10);(H3,1,2,3,4). The van der Waals surface area contributed by atoms with E-state index in [1.54, 1.807) is 0 Å². The molecule has 0 aromatic carbocycles. The Morgan fingerprint density at radius 1 is 0.655 bits per heavy atom. The molecule has 13 heteroatoms. The van der Waals surface area contributed by atoms with E-state index in [0.29, 0.717) is 26.4 Å². The van der Waals surface area contributed by atoms with Gasteiger partial charge in [0.25, 0.3) is 0 Å². The van der Waals surface area contributed by atoms with Gasteiger partial charge in [-0.15, -0.1) is 0 Å². The van der Waals surface area contributed by atoms with E-state index in [-0.39, 0.29) is 13.2 Å². The summed E-state index contributed by atoms with van der Waals surface area (Å²) in [5, 5.41) is 16.4. The molecular weight excluding hydrogens is 415 g/mol. The lowest BCUT2D eigenvalue weighted by Gasteiger charge is -2.02. The Hall–Kier alpha value is -1.11. The van der Waals surface area contributed by atoms with Crippen LogP contribution in [0.1, 0.15) is 39.5 Å². The predicted molar refractivity (Wildman–Crippen MR) is 103 cm³/mol. The number of ether oxygens (including phenoxy) is 4. The smallest absolute Gasteiger partial charge is 0.466 e. The molecule has 0 aliphatic heterocycles. The molecule has 0 radical (unpaired) electrons. The van der Waals surface area contributed by atoms with E-state index in [4.69, 9.17) is 48.4 Å². The van der Waals surface area contributed by atoms with Crippen molar-refractivity contribution in [3.8, 4) is 0 Å². The molecule has 0 rings (SSSR count). The predicted octanol–water partition coefficient (Wildman–Crippen LogP) is 0.880. The molecule has 0 bridgehead atoms. The average Bonchev–Trinajstić information content (AvgIpc) is 2.59. The highest BCUT2D eigenvalue weighted by Gasteiger charge is 2.00. The number of hydrogen-bond donors (Lipinski definition) is 5. The zero-order valence-electron chi connectivity index (χ0n) is 17.0. The van der Waals surface area contributed by atoms with E-state index < -0.39 is 19.8 Å². The fourth-order valence-corrected chi connectivity index (χ4v) is 1.25. The monoisotopic (exact) mass is 450 g/mol. The zero-order chi connectivity index (χ0) is 23.0. The van der Waals surface area contributed by atoms with Crippen LogP contribution in [0.15, 0.2) is 0 Å². The number of phosphoric acid groups is 1. The Morgan fingerprint density at radius 2 is 0.931 bits per heavy atom. The van der Waals surface area contributed by atoms with Gasteiger partial charge < -0.3 is 43.8 Å². The molecule has 0 unspecified atom stereocenters. The number of carbonyl (C=O) groups is 2. The SMILES string of the molecule is CCCCOCCOCC(=O)O.CCCCOCCOCC(=O)O.O=P(O)(O)O. The Balaban J connectivity index is -0.000000380. The molecule has 0 atom stereocenters. The first-order valence-corrected chi connectivity index (χ1v) is 10.6. The maximum absolute atomic E-state index is 9.97. The van der Waals surface area contributed by atoms with Gasteiger partial charge in [0.1, 0.15) is 13.2 Å². The number of carboxylic acids is 2. The molecule has 0 spiro atoms. The molecule has 0 amide bonds. The molecule has 0 heterocycles. The van der Waals surface area contributed by atoms with Gasteiger partial charge in [-0.2, -0.15) is 0 Å². The van der Waals surface area contributed by atoms with Crippen molar-refractivity contribution in [2.75, 3.05) is 52.9 Å². The Labute approximate surface area is 171 Å². The maximum atomic E-state index is 9.97. The second kappa shape index (κ2) is 24.9. The summed E-state index contributed by atoms with van der Waals surface area (Å²) in [6.07, 6.45) is 4.30. The molecule has 5 N–H and O–H groups in total. The molecule has 0 fully saturated rings. The van der Waals surface area contributed by atoms with E-state index in [9.17, 15) is 9.59 Å². The third kappa shape index (κ3) is 58.4. The first-order valence-electron chi connectivity index (χ1n) is 9.07. The van der Waals surface area contributed by atoms with Crippen molar-refractivity contribution in [1.29, 1.82) is 0 Å². The van der Waals surface area contributed by atoms with Crippen LogP contribution in [0.2, 0.25) is 0 Å². The number of carboxylic acid groups (broad SMARTS) is 2. The lowest BCUT2D eigenvalue weighted by atomic mass is 10.4. The molecule has 0 aromatic heterocycles. The van der Waals surface area contributed by atoms with E-state index in [2.05, 4.69) is 13.8 Å². The second-order valence-electron chi connectivity index (χ2n) is 5.34. The largest absolute Gasteiger partial charge is 0.480 e. The van der Waals surface area contributed by atoms with Gasteiger partial charge >= 0.3 is 19.8 Å². The van der Waals surface area contributed by atoms with Crippen molar-refractivity contribution in [2.24, 2.45) is 0 Å². The van der Waals surface area contributed by atoms with Crippen molar-refractivity contribution in [3.05, 3.63) is 0 Å². The van der Waals surface area contributed by atoms with Crippen molar-refractivity contribution in [3.63, 3.8) is 0 Å². The Morgan fingerprint density at radius 3 is 1.17 bits per heavy atom. The number of hydrogen-bond acceptors (Lipinski definition) is 7. The fourth-order valence-electron chi connectivity index (χ4n) is 1.25. The Bertz CT molecular complexity index is 376. The number of rotatable bonds is 16. The van der Waals surface area contributed by atoms with E-state index >= 15 is 0 Å². The van der Waals surface area contributed by atoms with Gasteiger partial charge in [-0.25, -0.2) is 14.2 Å². The molecular formula is C16H35O12P. The lowest BCUT2D eigenvalue weighted by molar-refractivity contribution is -0.143. The molecule has 0 aromatic rings. The minimum absolute atomic E-state index is 0.239. The van der Waals surface area contributed by atoms with Crippen LogP contribution in [0, 0.1) is 0 Å². The molecule has 29 heavy (non-hydrogen) atoms. The summed E-state index contributed by atoms with van der Waals surface area (Å²) in [5.41, 5.74) is 0. The normalized spacial score (nSPS) is 10.4. The lowest BCUT2D eigenvalue weighted by Crippen LogP contribution is -2.11. The van der Waals surface area contributed by atoms with Crippen molar-refractivity contribution >= 4 is 19.8 Å². The van der Waals surface area contributed by atoms with Crippen LogP contribution in [0.25, 0.3) is 0 Å². The number of unbranched alkanes of at least 4 members (excludes halogenated alkanes) is 2. The van der Waals surface area contributed by atoms with Gasteiger partial charge in [-0.1, -0.05) is 26.7 Å².